The summed E-state index contributed by atoms with van der Waals surface area (Å²) in [6.45, 7) is 7.76. The molecule has 0 radical (unpaired) electrons. The van der Waals surface area contributed by atoms with Crippen LogP contribution in [0.1, 0.15) is 43.2 Å². The summed E-state index contributed by atoms with van der Waals surface area (Å²) in [5.41, 5.74) is 1.31. The fraction of sp³-hybridized carbons (Fsp3) is 0.812. The first-order valence-corrected chi connectivity index (χ1v) is 9.23. The van der Waals surface area contributed by atoms with Crippen LogP contribution in [-0.4, -0.2) is 49.2 Å². The molecule has 0 bridgehead atoms. The van der Waals surface area contributed by atoms with Crippen molar-refractivity contribution >= 4 is 16.5 Å². The van der Waals surface area contributed by atoms with E-state index in [9.17, 15) is 0 Å². The highest BCUT2D eigenvalue weighted by atomic mass is 32.1. The lowest BCUT2D eigenvalue weighted by Gasteiger charge is -2.32. The Morgan fingerprint density at radius 2 is 1.90 bits per heavy atom. The maximum atomic E-state index is 4.91. The standard InChI is InChI=1S/C16H28N4S/c1-3-14-15(12-17-13-6-4-5-7-13)21-16(18-14)20-10-8-19(2)9-11-20/h13,17H,3-12H2,1-2H3. The van der Waals surface area contributed by atoms with Gasteiger partial charge in [0.05, 0.1) is 5.69 Å². The Kier molecular flexibility index (Phi) is 5.14. The van der Waals surface area contributed by atoms with Gasteiger partial charge in [0.1, 0.15) is 0 Å². The van der Waals surface area contributed by atoms with Crippen molar-refractivity contribution in [1.29, 1.82) is 0 Å². The van der Waals surface area contributed by atoms with E-state index in [1.165, 1.54) is 41.4 Å². The van der Waals surface area contributed by atoms with E-state index in [1.807, 2.05) is 11.3 Å². The van der Waals surface area contributed by atoms with Gasteiger partial charge in [0.25, 0.3) is 0 Å². The summed E-state index contributed by atoms with van der Waals surface area (Å²) in [5, 5.41) is 4.98. The summed E-state index contributed by atoms with van der Waals surface area (Å²) in [7, 11) is 2.20. The van der Waals surface area contributed by atoms with Gasteiger partial charge in [0, 0.05) is 43.6 Å². The Balaban J connectivity index is 1.63. The molecule has 0 spiro atoms. The van der Waals surface area contributed by atoms with E-state index in [0.29, 0.717) is 0 Å². The van der Waals surface area contributed by atoms with Crippen molar-refractivity contribution in [3.05, 3.63) is 10.6 Å². The van der Waals surface area contributed by atoms with Gasteiger partial charge in [0.15, 0.2) is 5.13 Å². The van der Waals surface area contributed by atoms with Crippen molar-refractivity contribution in [1.82, 2.24) is 15.2 Å². The van der Waals surface area contributed by atoms with Crippen LogP contribution in [0, 0.1) is 0 Å². The predicted molar refractivity (Wildman–Crippen MR) is 90.3 cm³/mol. The van der Waals surface area contributed by atoms with E-state index in [2.05, 4.69) is 29.1 Å². The number of anilines is 1. The van der Waals surface area contributed by atoms with Gasteiger partial charge in [-0.15, -0.1) is 11.3 Å². The fourth-order valence-electron chi connectivity index (χ4n) is 3.28. The van der Waals surface area contributed by atoms with E-state index in [4.69, 9.17) is 4.98 Å². The van der Waals surface area contributed by atoms with Crippen LogP contribution in [0.4, 0.5) is 5.13 Å². The van der Waals surface area contributed by atoms with Gasteiger partial charge >= 0.3 is 0 Å². The zero-order chi connectivity index (χ0) is 14.7. The topological polar surface area (TPSA) is 31.4 Å². The molecule has 1 aliphatic carbocycles. The van der Waals surface area contributed by atoms with E-state index >= 15 is 0 Å². The Morgan fingerprint density at radius 1 is 1.19 bits per heavy atom. The van der Waals surface area contributed by atoms with Gasteiger partial charge in [-0.2, -0.15) is 0 Å². The molecular formula is C16H28N4S. The lowest BCUT2D eigenvalue weighted by molar-refractivity contribution is 0.312. The number of hydrogen-bond acceptors (Lipinski definition) is 5. The first-order chi connectivity index (χ1) is 10.3. The Morgan fingerprint density at radius 3 is 2.57 bits per heavy atom. The van der Waals surface area contributed by atoms with Gasteiger partial charge in [0.2, 0.25) is 0 Å². The maximum absolute atomic E-state index is 4.91. The van der Waals surface area contributed by atoms with Gasteiger partial charge < -0.3 is 15.1 Å². The lowest BCUT2D eigenvalue weighted by atomic mass is 10.2. The number of rotatable bonds is 5. The second-order valence-electron chi connectivity index (χ2n) is 6.37. The molecule has 2 aliphatic rings. The van der Waals surface area contributed by atoms with E-state index in [-0.39, 0.29) is 0 Å². The van der Waals surface area contributed by atoms with Crippen molar-refractivity contribution < 1.29 is 0 Å². The third kappa shape index (κ3) is 3.76. The Labute approximate surface area is 132 Å². The summed E-state index contributed by atoms with van der Waals surface area (Å²) in [4.78, 5) is 11.2. The van der Waals surface area contributed by atoms with E-state index in [1.54, 1.807) is 0 Å². The van der Waals surface area contributed by atoms with Gasteiger partial charge in [-0.1, -0.05) is 19.8 Å². The minimum Gasteiger partial charge on any atom is -0.346 e. The molecule has 0 aromatic carbocycles. The molecule has 1 saturated carbocycles. The number of nitrogens with one attached hydrogen (secondary N) is 1. The van der Waals surface area contributed by atoms with Crippen LogP contribution >= 0.6 is 11.3 Å². The number of nitrogens with zero attached hydrogens (tertiary/aromatic N) is 3. The summed E-state index contributed by atoms with van der Waals surface area (Å²) in [6.07, 6.45) is 6.55. The highest BCUT2D eigenvalue weighted by Crippen LogP contribution is 2.28. The molecule has 0 atom stereocenters. The number of likely N-dealkylation sites (N-methyl/N-ethyl adjacent to an activating group) is 1. The zero-order valence-corrected chi connectivity index (χ0v) is 14.2. The average molecular weight is 308 g/mol. The lowest BCUT2D eigenvalue weighted by Crippen LogP contribution is -2.44. The molecule has 1 N–H and O–H groups in total. The fourth-order valence-corrected chi connectivity index (χ4v) is 4.44. The highest BCUT2D eigenvalue weighted by molar-refractivity contribution is 7.15. The largest absolute Gasteiger partial charge is 0.346 e. The Hall–Kier alpha value is -0.650. The van der Waals surface area contributed by atoms with Crippen LogP contribution in [-0.2, 0) is 13.0 Å². The van der Waals surface area contributed by atoms with Crippen molar-refractivity contribution in [3.63, 3.8) is 0 Å². The van der Waals surface area contributed by atoms with Crippen LogP contribution in [0.3, 0.4) is 0 Å². The maximum Gasteiger partial charge on any atom is 0.185 e. The molecule has 1 aromatic rings. The van der Waals surface area contributed by atoms with Crippen LogP contribution in [0.25, 0.3) is 0 Å². The number of piperazine rings is 1. The Bertz CT molecular complexity index is 445. The summed E-state index contributed by atoms with van der Waals surface area (Å²) in [6, 6.07) is 0.740. The average Bonchev–Trinajstić information content (AvgIpc) is 3.15. The zero-order valence-electron chi connectivity index (χ0n) is 13.4. The van der Waals surface area contributed by atoms with Crippen molar-refractivity contribution in [2.24, 2.45) is 0 Å². The van der Waals surface area contributed by atoms with Crippen LogP contribution in [0.2, 0.25) is 0 Å². The van der Waals surface area contributed by atoms with Crippen LogP contribution in [0.15, 0.2) is 0 Å². The van der Waals surface area contributed by atoms with Crippen LogP contribution in [0.5, 0.6) is 0 Å². The molecule has 1 aliphatic heterocycles. The molecule has 0 amide bonds. The van der Waals surface area contributed by atoms with Crippen molar-refractivity contribution in [2.45, 2.75) is 51.6 Å². The van der Waals surface area contributed by atoms with Crippen molar-refractivity contribution in [2.75, 3.05) is 38.1 Å². The molecule has 3 rings (SSSR count). The molecular weight excluding hydrogens is 280 g/mol. The SMILES string of the molecule is CCc1nc(N2CCN(C)CC2)sc1CNC1CCCC1. The van der Waals surface area contributed by atoms with Crippen molar-refractivity contribution in [3.8, 4) is 0 Å². The summed E-state index contributed by atoms with van der Waals surface area (Å²) >= 11 is 1.91. The highest BCUT2D eigenvalue weighted by Gasteiger charge is 2.20. The first kappa shape index (κ1) is 15.3. The van der Waals surface area contributed by atoms with Gasteiger partial charge in [-0.25, -0.2) is 4.98 Å². The van der Waals surface area contributed by atoms with Crippen LogP contribution < -0.4 is 10.2 Å². The minimum absolute atomic E-state index is 0.740. The quantitative estimate of drug-likeness (QED) is 0.905. The number of thiazole rings is 1. The van der Waals surface area contributed by atoms with E-state index in [0.717, 1.165) is 45.2 Å². The summed E-state index contributed by atoms with van der Waals surface area (Å²) in [5.74, 6) is 0. The second-order valence-corrected chi connectivity index (χ2v) is 7.43. The summed E-state index contributed by atoms with van der Waals surface area (Å²) < 4.78 is 0. The number of hydrogen-bond donors (Lipinski definition) is 1. The minimum atomic E-state index is 0.740. The molecule has 4 nitrogen and oxygen atoms in total. The molecule has 1 saturated heterocycles. The molecule has 5 heteroatoms. The molecule has 1 aromatic heterocycles. The smallest absolute Gasteiger partial charge is 0.185 e. The first-order valence-electron chi connectivity index (χ1n) is 8.41. The van der Waals surface area contributed by atoms with E-state index < -0.39 is 0 Å². The molecule has 21 heavy (non-hydrogen) atoms. The normalized spacial score (nSPS) is 21.3. The molecule has 118 valence electrons. The van der Waals surface area contributed by atoms with Gasteiger partial charge in [-0.05, 0) is 26.3 Å². The second kappa shape index (κ2) is 7.07. The molecule has 2 heterocycles. The third-order valence-electron chi connectivity index (χ3n) is 4.78. The monoisotopic (exact) mass is 308 g/mol. The van der Waals surface area contributed by atoms with Gasteiger partial charge in [-0.3, -0.25) is 0 Å². The number of aryl methyl sites for hydroxylation is 1. The molecule has 2 fully saturated rings. The predicted octanol–water partition coefficient (Wildman–Crippen LogP) is 2.49. The third-order valence-corrected chi connectivity index (χ3v) is 5.94. The number of aromatic nitrogens is 1. The molecule has 0 unspecified atom stereocenters.